The number of aliphatic hydroxyl groups excluding tert-OH is 1. The lowest BCUT2D eigenvalue weighted by molar-refractivity contribution is -0.160. The van der Waals surface area contributed by atoms with Crippen LogP contribution in [0.3, 0.4) is 0 Å². The number of ether oxygens (including phenoxy) is 3. The van der Waals surface area contributed by atoms with Crippen molar-refractivity contribution in [1.29, 1.82) is 0 Å². The number of amides is 2. The van der Waals surface area contributed by atoms with Gasteiger partial charge in [-0.05, 0) is 62.4 Å². The Bertz CT molecular complexity index is 1360. The Morgan fingerprint density at radius 3 is 2.49 bits per heavy atom. The first-order chi connectivity index (χ1) is 20.8. The lowest BCUT2D eigenvalue weighted by atomic mass is 9.66. The van der Waals surface area contributed by atoms with E-state index in [1.807, 2.05) is 37.3 Å². The predicted octanol–water partition coefficient (Wildman–Crippen LogP) is 4.22. The van der Waals surface area contributed by atoms with E-state index in [0.717, 1.165) is 0 Å². The molecule has 0 aliphatic carbocycles. The molecular formula is C34H40N2O7. The van der Waals surface area contributed by atoms with E-state index in [-0.39, 0.29) is 19.1 Å². The number of benzene rings is 2. The number of likely N-dealkylation sites (tertiary alicyclic amines) is 1. The number of esters is 1. The summed E-state index contributed by atoms with van der Waals surface area (Å²) in [5.74, 6) is -2.47. The second kappa shape index (κ2) is 12.3. The van der Waals surface area contributed by atoms with Crippen LogP contribution in [-0.2, 0) is 23.9 Å². The van der Waals surface area contributed by atoms with E-state index >= 15 is 0 Å². The van der Waals surface area contributed by atoms with Gasteiger partial charge < -0.3 is 29.1 Å². The molecule has 1 N–H and O–H groups in total. The van der Waals surface area contributed by atoms with Crippen LogP contribution < -0.4 is 9.64 Å². The molecule has 3 heterocycles. The molecule has 1 spiro atoms. The SMILES string of the molecule is C=CCCCOC(=O)[C@H]1[C@H]2C(=O)N([C@H](CO)c3ccccc3)C(C(=O)N(CC=C)c3ccc(OC)cc3)C23CC[C@]1(C)O3. The number of hydrogen-bond acceptors (Lipinski definition) is 7. The van der Waals surface area contributed by atoms with E-state index in [1.165, 1.54) is 4.90 Å². The van der Waals surface area contributed by atoms with Crippen LogP contribution in [0.25, 0.3) is 0 Å². The Morgan fingerprint density at radius 1 is 1.14 bits per heavy atom. The van der Waals surface area contributed by atoms with Gasteiger partial charge in [-0.2, -0.15) is 0 Å². The van der Waals surface area contributed by atoms with Gasteiger partial charge in [0.15, 0.2) is 0 Å². The van der Waals surface area contributed by atoms with E-state index in [9.17, 15) is 19.5 Å². The van der Waals surface area contributed by atoms with Gasteiger partial charge in [-0.15, -0.1) is 13.2 Å². The number of fused-ring (bicyclic) bond motifs is 1. The summed E-state index contributed by atoms with van der Waals surface area (Å²) >= 11 is 0. The van der Waals surface area contributed by atoms with Crippen LogP contribution in [-0.4, -0.2) is 71.9 Å². The molecule has 6 atom stereocenters. The van der Waals surface area contributed by atoms with Crippen LogP contribution in [0.5, 0.6) is 5.75 Å². The molecule has 3 fully saturated rings. The molecule has 9 heteroatoms. The van der Waals surface area contributed by atoms with E-state index in [1.54, 1.807) is 48.4 Å². The number of hydrogen-bond donors (Lipinski definition) is 1. The fourth-order valence-electron chi connectivity index (χ4n) is 7.22. The molecule has 2 aromatic carbocycles. The fourth-order valence-corrected chi connectivity index (χ4v) is 7.22. The van der Waals surface area contributed by atoms with E-state index < -0.39 is 53.6 Å². The highest BCUT2D eigenvalue weighted by Gasteiger charge is 2.79. The van der Waals surface area contributed by atoms with E-state index in [0.29, 0.717) is 42.7 Å². The maximum Gasteiger partial charge on any atom is 0.312 e. The minimum absolute atomic E-state index is 0.172. The number of allylic oxidation sites excluding steroid dienone is 1. The molecule has 2 bridgehead atoms. The number of carbonyl (C=O) groups excluding carboxylic acids is 3. The van der Waals surface area contributed by atoms with Gasteiger partial charge in [0.1, 0.15) is 23.3 Å². The molecule has 3 aliphatic heterocycles. The molecule has 3 aliphatic rings. The summed E-state index contributed by atoms with van der Waals surface area (Å²) in [6.45, 7) is 9.36. The number of rotatable bonds is 13. The Labute approximate surface area is 252 Å². The number of carbonyl (C=O) groups is 3. The van der Waals surface area contributed by atoms with Crippen LogP contribution in [0.15, 0.2) is 79.9 Å². The van der Waals surface area contributed by atoms with Gasteiger partial charge >= 0.3 is 5.97 Å². The second-order valence-electron chi connectivity index (χ2n) is 11.6. The first-order valence-electron chi connectivity index (χ1n) is 14.8. The molecule has 0 radical (unpaired) electrons. The van der Waals surface area contributed by atoms with Crippen molar-refractivity contribution >= 4 is 23.5 Å². The zero-order valence-corrected chi connectivity index (χ0v) is 24.8. The monoisotopic (exact) mass is 588 g/mol. The molecule has 0 aromatic heterocycles. The van der Waals surface area contributed by atoms with E-state index in [2.05, 4.69) is 13.2 Å². The third kappa shape index (κ3) is 5.14. The normalized spacial score (nSPS) is 27.8. The molecule has 0 saturated carbocycles. The van der Waals surface area contributed by atoms with Crippen molar-refractivity contribution in [2.45, 2.75) is 55.9 Å². The summed E-state index contributed by atoms with van der Waals surface area (Å²) in [6, 6.07) is 14.3. The van der Waals surface area contributed by atoms with Crippen LogP contribution >= 0.6 is 0 Å². The fraction of sp³-hybridized carbons (Fsp3) is 0.441. The lowest BCUT2D eigenvalue weighted by Crippen LogP contribution is -2.57. The number of unbranched alkanes of at least 4 members (excludes halogenated alkanes) is 1. The standard InChI is InChI=1S/C34H40N2O7/c1-5-7-11-21-42-32(40)28-27-30(38)36(26(22-37)23-12-9-8-10-13-23)29(34(27)19-18-33(28,3)43-34)31(39)35(20-6-2)24-14-16-25(41-4)17-15-24/h5-6,8-10,12-17,26-29,37H,1-2,7,11,18-22H2,3-4H3/t26-,27+,28-,29?,33+,34?/m1/s1. The Balaban J connectivity index is 1.60. The topological polar surface area (TPSA) is 106 Å². The van der Waals surface area contributed by atoms with Gasteiger partial charge in [0.2, 0.25) is 5.91 Å². The van der Waals surface area contributed by atoms with Gasteiger partial charge in [-0.3, -0.25) is 14.4 Å². The molecule has 9 nitrogen and oxygen atoms in total. The summed E-state index contributed by atoms with van der Waals surface area (Å²) in [5, 5.41) is 10.7. The Hall–Kier alpha value is -3.95. The minimum atomic E-state index is -1.28. The van der Waals surface area contributed by atoms with Crippen molar-refractivity contribution in [3.8, 4) is 5.75 Å². The number of nitrogens with zero attached hydrogens (tertiary/aromatic N) is 2. The molecule has 5 rings (SSSR count). The smallest absolute Gasteiger partial charge is 0.312 e. The molecule has 43 heavy (non-hydrogen) atoms. The highest BCUT2D eigenvalue weighted by atomic mass is 16.6. The largest absolute Gasteiger partial charge is 0.497 e. The van der Waals surface area contributed by atoms with Crippen molar-refractivity contribution in [3.05, 3.63) is 85.5 Å². The maximum atomic E-state index is 14.8. The van der Waals surface area contributed by atoms with Crippen molar-refractivity contribution < 1.29 is 33.7 Å². The zero-order valence-electron chi connectivity index (χ0n) is 24.8. The molecule has 2 aromatic rings. The average molecular weight is 589 g/mol. The van der Waals surface area contributed by atoms with Gasteiger partial charge in [0.25, 0.3) is 5.91 Å². The number of aliphatic hydroxyl groups is 1. The molecule has 228 valence electrons. The third-order valence-corrected chi connectivity index (χ3v) is 9.15. The Morgan fingerprint density at radius 2 is 1.86 bits per heavy atom. The maximum absolute atomic E-state index is 14.8. The van der Waals surface area contributed by atoms with Crippen molar-refractivity contribution in [2.75, 3.05) is 31.8 Å². The van der Waals surface area contributed by atoms with Crippen LogP contribution in [0.4, 0.5) is 5.69 Å². The van der Waals surface area contributed by atoms with Crippen molar-refractivity contribution in [1.82, 2.24) is 4.90 Å². The van der Waals surface area contributed by atoms with Crippen LogP contribution in [0.2, 0.25) is 0 Å². The highest BCUT2D eigenvalue weighted by molar-refractivity contribution is 6.05. The van der Waals surface area contributed by atoms with Crippen molar-refractivity contribution in [2.24, 2.45) is 11.8 Å². The second-order valence-corrected chi connectivity index (χ2v) is 11.6. The quantitative estimate of drug-likeness (QED) is 0.212. The summed E-state index contributed by atoms with van der Waals surface area (Å²) < 4.78 is 17.7. The minimum Gasteiger partial charge on any atom is -0.497 e. The number of methoxy groups -OCH3 is 1. The molecular weight excluding hydrogens is 548 g/mol. The van der Waals surface area contributed by atoms with Gasteiger partial charge in [-0.1, -0.05) is 42.5 Å². The van der Waals surface area contributed by atoms with Gasteiger partial charge in [-0.25, -0.2) is 0 Å². The van der Waals surface area contributed by atoms with Gasteiger partial charge in [0.05, 0.1) is 37.9 Å². The first kappa shape index (κ1) is 30.5. The van der Waals surface area contributed by atoms with Crippen LogP contribution in [0.1, 0.15) is 44.2 Å². The zero-order chi connectivity index (χ0) is 30.8. The predicted molar refractivity (Wildman–Crippen MR) is 161 cm³/mol. The van der Waals surface area contributed by atoms with Crippen LogP contribution in [0, 0.1) is 11.8 Å². The first-order valence-corrected chi connectivity index (χ1v) is 14.8. The summed E-state index contributed by atoms with van der Waals surface area (Å²) in [5.41, 5.74) is -0.973. The highest BCUT2D eigenvalue weighted by Crippen LogP contribution is 2.64. The summed E-state index contributed by atoms with van der Waals surface area (Å²) in [7, 11) is 1.57. The van der Waals surface area contributed by atoms with Crippen molar-refractivity contribution in [3.63, 3.8) is 0 Å². The van der Waals surface area contributed by atoms with E-state index in [4.69, 9.17) is 14.2 Å². The summed E-state index contributed by atoms with van der Waals surface area (Å²) in [6.07, 6.45) is 5.59. The summed E-state index contributed by atoms with van der Waals surface area (Å²) in [4.78, 5) is 46.1. The average Bonchev–Trinajstić information content (AvgIpc) is 3.59. The lowest BCUT2D eigenvalue weighted by Gasteiger charge is -2.39. The molecule has 2 amide bonds. The molecule has 2 unspecified atom stereocenters. The Kier molecular flexibility index (Phi) is 8.76. The third-order valence-electron chi connectivity index (χ3n) is 9.15. The number of anilines is 1. The molecule has 3 saturated heterocycles. The van der Waals surface area contributed by atoms with Gasteiger partial charge in [0, 0.05) is 12.2 Å².